The predicted molar refractivity (Wildman–Crippen MR) is 80.6 cm³/mol. The maximum absolute atomic E-state index is 10.6. The third-order valence-corrected chi connectivity index (χ3v) is 7.93. The van der Waals surface area contributed by atoms with Crippen LogP contribution in [0.5, 0.6) is 0 Å². The highest BCUT2D eigenvalue weighted by Crippen LogP contribution is 2.70. The molecule has 1 saturated heterocycles. The minimum Gasteiger partial charge on any atom is -0.386 e. The first kappa shape index (κ1) is 14.4. The molecule has 0 amide bonds. The third-order valence-electron chi connectivity index (χ3n) is 6.25. The molecule has 4 heteroatoms. The van der Waals surface area contributed by atoms with Gasteiger partial charge in [0.2, 0.25) is 0 Å². The largest absolute Gasteiger partial charge is 0.386 e. The Morgan fingerprint density at radius 1 is 1.32 bits per heavy atom. The molecule has 2 bridgehead atoms. The summed E-state index contributed by atoms with van der Waals surface area (Å²) >= 11 is 10.3. The summed E-state index contributed by atoms with van der Waals surface area (Å²) in [5.74, 6) is 0. The summed E-state index contributed by atoms with van der Waals surface area (Å²) in [5, 5.41) is 10.6. The molecule has 1 saturated carbocycles. The van der Waals surface area contributed by atoms with Crippen LogP contribution in [-0.2, 0) is 4.74 Å². The zero-order valence-corrected chi connectivity index (χ0v) is 14.3. The van der Waals surface area contributed by atoms with Crippen LogP contribution in [0.1, 0.15) is 47.0 Å². The smallest absolute Gasteiger partial charge is 0.102 e. The molecule has 3 aliphatic rings. The molecule has 1 heterocycles. The van der Waals surface area contributed by atoms with E-state index < -0.39 is 11.7 Å². The number of hydrogen-bond acceptors (Lipinski definition) is 2. The van der Waals surface area contributed by atoms with Crippen LogP contribution in [0.3, 0.4) is 0 Å². The van der Waals surface area contributed by atoms with E-state index in [1.54, 1.807) is 0 Å². The summed E-state index contributed by atoms with van der Waals surface area (Å²) in [7, 11) is 0. The lowest BCUT2D eigenvalue weighted by atomic mass is 9.49. The zero-order chi connectivity index (χ0) is 14.3. The lowest BCUT2D eigenvalue weighted by Crippen LogP contribution is -2.60. The number of hydrogen-bond donors (Lipinski definition) is 1. The predicted octanol–water partition coefficient (Wildman–Crippen LogP) is 3.99. The molecule has 0 radical (unpaired) electrons. The van der Waals surface area contributed by atoms with E-state index in [9.17, 15) is 5.11 Å². The standard InChI is InChI=1S/C15H22BrClO2/c1-12(2)9(16)7-10(18)14(4)15(12)6-5-13(3,17)11(8-15)19-14/h7,10-11,18H,5-6,8H2,1-4H3/t10-,11+,13-,14-,15+/m0/s1. The number of ether oxygens (including phenoxy) is 1. The van der Waals surface area contributed by atoms with E-state index in [0.717, 1.165) is 23.7 Å². The van der Waals surface area contributed by atoms with E-state index in [0.29, 0.717) is 0 Å². The summed E-state index contributed by atoms with van der Waals surface area (Å²) in [5.41, 5.74) is -0.625. The highest BCUT2D eigenvalue weighted by Gasteiger charge is 2.72. The number of fused-ring (bicyclic) bond motifs is 1. The molecule has 0 aromatic heterocycles. The van der Waals surface area contributed by atoms with Crippen LogP contribution >= 0.6 is 27.5 Å². The summed E-state index contributed by atoms with van der Waals surface area (Å²) in [6.07, 6.45) is 4.20. The van der Waals surface area contributed by atoms with Crippen LogP contribution in [0.15, 0.2) is 10.6 Å². The fourth-order valence-electron chi connectivity index (χ4n) is 4.55. The van der Waals surface area contributed by atoms with E-state index in [2.05, 4.69) is 43.6 Å². The molecule has 0 aromatic carbocycles. The van der Waals surface area contributed by atoms with Gasteiger partial charge in [0, 0.05) is 15.3 Å². The monoisotopic (exact) mass is 348 g/mol. The van der Waals surface area contributed by atoms with E-state index in [1.807, 2.05) is 6.08 Å². The number of halogens is 2. The van der Waals surface area contributed by atoms with E-state index in [1.165, 1.54) is 0 Å². The molecule has 108 valence electrons. The maximum Gasteiger partial charge on any atom is 0.102 e. The zero-order valence-electron chi connectivity index (χ0n) is 12.0. The van der Waals surface area contributed by atoms with Gasteiger partial charge in [0.1, 0.15) is 11.7 Å². The number of aliphatic hydroxyl groups is 1. The van der Waals surface area contributed by atoms with Gasteiger partial charge in [-0.25, -0.2) is 0 Å². The van der Waals surface area contributed by atoms with Gasteiger partial charge in [-0.3, -0.25) is 0 Å². The van der Waals surface area contributed by atoms with Gasteiger partial charge < -0.3 is 9.84 Å². The van der Waals surface area contributed by atoms with Crippen molar-refractivity contribution in [2.24, 2.45) is 10.8 Å². The van der Waals surface area contributed by atoms with Gasteiger partial charge >= 0.3 is 0 Å². The van der Waals surface area contributed by atoms with Crippen LogP contribution in [0.25, 0.3) is 0 Å². The Bertz CT molecular complexity index is 459. The summed E-state index contributed by atoms with van der Waals surface area (Å²) in [6, 6.07) is 0. The number of aliphatic hydroxyl groups excluding tert-OH is 1. The van der Waals surface area contributed by atoms with Crippen LogP contribution in [0.2, 0.25) is 0 Å². The SMILES string of the molecule is CC1(C)C(Br)=C[C@H](O)[C@]2(C)O[C@@H]3C[C@]12CC[C@]3(C)Cl. The van der Waals surface area contributed by atoms with Crippen molar-refractivity contribution in [2.75, 3.05) is 0 Å². The van der Waals surface area contributed by atoms with Gasteiger partial charge in [-0.05, 0) is 39.2 Å². The Balaban J connectivity index is 2.17. The topological polar surface area (TPSA) is 29.5 Å². The van der Waals surface area contributed by atoms with Crippen LogP contribution < -0.4 is 0 Å². The van der Waals surface area contributed by atoms with Crippen LogP contribution in [-0.4, -0.2) is 27.8 Å². The van der Waals surface area contributed by atoms with Gasteiger partial charge in [0.25, 0.3) is 0 Å². The second-order valence-corrected chi connectivity index (χ2v) is 9.08. The van der Waals surface area contributed by atoms with Gasteiger partial charge in [-0.15, -0.1) is 11.6 Å². The third kappa shape index (κ3) is 1.51. The normalized spacial score (nSPS) is 55.6. The molecular weight excluding hydrogens is 328 g/mol. The Labute approximate surface area is 128 Å². The maximum atomic E-state index is 10.6. The first-order valence-corrected chi connectivity index (χ1v) is 8.17. The molecular formula is C15H22BrClO2. The van der Waals surface area contributed by atoms with Gasteiger partial charge in [0.15, 0.2) is 0 Å². The van der Waals surface area contributed by atoms with E-state index >= 15 is 0 Å². The molecule has 5 atom stereocenters. The number of allylic oxidation sites excluding steroid dienone is 1. The first-order valence-electron chi connectivity index (χ1n) is 6.99. The molecule has 3 rings (SSSR count). The minimum atomic E-state index is -0.578. The minimum absolute atomic E-state index is 0.0219. The number of alkyl halides is 1. The summed E-state index contributed by atoms with van der Waals surface area (Å²) in [6.45, 7) is 8.63. The van der Waals surface area contributed by atoms with Crippen molar-refractivity contribution in [1.29, 1.82) is 0 Å². The van der Waals surface area contributed by atoms with Gasteiger partial charge in [-0.1, -0.05) is 29.8 Å². The molecule has 0 aromatic rings. The molecule has 19 heavy (non-hydrogen) atoms. The van der Waals surface area contributed by atoms with Crippen LogP contribution in [0, 0.1) is 10.8 Å². The average molecular weight is 350 g/mol. The highest BCUT2D eigenvalue weighted by molar-refractivity contribution is 9.11. The van der Waals surface area contributed by atoms with Gasteiger partial charge in [-0.2, -0.15) is 0 Å². The number of rotatable bonds is 0. The molecule has 0 unspecified atom stereocenters. The van der Waals surface area contributed by atoms with Gasteiger partial charge in [0.05, 0.1) is 11.0 Å². The quantitative estimate of drug-likeness (QED) is 0.670. The molecule has 1 aliphatic heterocycles. The Kier molecular flexibility index (Phi) is 2.87. The lowest BCUT2D eigenvalue weighted by molar-refractivity contribution is -0.158. The molecule has 2 fully saturated rings. The molecule has 2 aliphatic carbocycles. The Morgan fingerprint density at radius 2 is 1.95 bits per heavy atom. The van der Waals surface area contributed by atoms with Crippen LogP contribution in [0.4, 0.5) is 0 Å². The Hall–Kier alpha value is 0.430. The highest BCUT2D eigenvalue weighted by atomic mass is 79.9. The first-order chi connectivity index (χ1) is 8.57. The Morgan fingerprint density at radius 3 is 2.58 bits per heavy atom. The second-order valence-electron chi connectivity index (χ2n) is 7.36. The van der Waals surface area contributed by atoms with Crippen molar-refractivity contribution in [3.63, 3.8) is 0 Å². The lowest BCUT2D eigenvalue weighted by Gasteiger charge is -2.57. The second kappa shape index (κ2) is 3.79. The van der Waals surface area contributed by atoms with Crippen molar-refractivity contribution in [3.05, 3.63) is 10.6 Å². The molecule has 1 N–H and O–H groups in total. The van der Waals surface area contributed by atoms with Crippen molar-refractivity contribution >= 4 is 27.5 Å². The van der Waals surface area contributed by atoms with Crippen molar-refractivity contribution in [2.45, 2.75) is 69.6 Å². The average Bonchev–Trinajstić information content (AvgIpc) is 2.58. The fraction of sp³-hybridized carbons (Fsp3) is 0.867. The summed E-state index contributed by atoms with van der Waals surface area (Å²) < 4.78 is 7.42. The molecule has 2 nitrogen and oxygen atoms in total. The van der Waals surface area contributed by atoms with Crippen molar-refractivity contribution in [1.82, 2.24) is 0 Å². The summed E-state index contributed by atoms with van der Waals surface area (Å²) in [4.78, 5) is -0.312. The van der Waals surface area contributed by atoms with E-state index in [-0.39, 0.29) is 21.8 Å². The molecule has 1 spiro atoms. The van der Waals surface area contributed by atoms with Crippen molar-refractivity contribution < 1.29 is 9.84 Å². The fourth-order valence-corrected chi connectivity index (χ4v) is 5.40. The van der Waals surface area contributed by atoms with Crippen molar-refractivity contribution in [3.8, 4) is 0 Å². The van der Waals surface area contributed by atoms with E-state index in [4.69, 9.17) is 16.3 Å².